The van der Waals surface area contributed by atoms with Crippen LogP contribution >= 0.6 is 0 Å². The van der Waals surface area contributed by atoms with Crippen LogP contribution in [-0.2, 0) is 0 Å². The van der Waals surface area contributed by atoms with Crippen LogP contribution in [0.25, 0.3) is 0 Å². The van der Waals surface area contributed by atoms with Crippen LogP contribution in [-0.4, -0.2) is 35.6 Å². The molecule has 2 atom stereocenters. The lowest BCUT2D eigenvalue weighted by atomic mass is 10.1. The van der Waals surface area contributed by atoms with Gasteiger partial charge < -0.3 is 10.2 Å². The maximum Gasteiger partial charge on any atom is 0.0315 e. The van der Waals surface area contributed by atoms with Crippen LogP contribution in [0.4, 0.5) is 0 Å². The van der Waals surface area contributed by atoms with E-state index in [0.717, 1.165) is 0 Å². The van der Waals surface area contributed by atoms with E-state index in [-0.39, 0.29) is 0 Å². The second-order valence-corrected chi connectivity index (χ2v) is 5.24. The first kappa shape index (κ1) is 13.5. The van der Waals surface area contributed by atoms with E-state index in [1.54, 1.807) is 0 Å². The molecule has 2 rings (SSSR count). The van der Waals surface area contributed by atoms with Crippen molar-refractivity contribution in [1.29, 1.82) is 0 Å². The van der Waals surface area contributed by atoms with Crippen LogP contribution in [0.3, 0.4) is 0 Å². The third-order valence-corrected chi connectivity index (χ3v) is 3.94. The van der Waals surface area contributed by atoms with E-state index in [0.29, 0.717) is 12.1 Å². The lowest BCUT2D eigenvalue weighted by Crippen LogP contribution is -2.33. The molecule has 0 spiro atoms. The van der Waals surface area contributed by atoms with Gasteiger partial charge >= 0.3 is 0 Å². The summed E-state index contributed by atoms with van der Waals surface area (Å²) in [7, 11) is 0. The Bertz CT molecular complexity index is 339. The van der Waals surface area contributed by atoms with Gasteiger partial charge in [0.2, 0.25) is 0 Å². The summed E-state index contributed by atoms with van der Waals surface area (Å²) in [5, 5.41) is 3.75. The molecule has 1 saturated heterocycles. The summed E-state index contributed by atoms with van der Waals surface area (Å²) in [5.74, 6) is 0. The zero-order valence-corrected chi connectivity index (χ0v) is 11.6. The molecule has 1 aromatic rings. The molecule has 1 aromatic heterocycles. The summed E-state index contributed by atoms with van der Waals surface area (Å²) in [6.07, 6.45) is 7.67. The minimum atomic E-state index is 0.400. The molecule has 1 aliphatic rings. The molecule has 0 saturated carbocycles. The van der Waals surface area contributed by atoms with Crippen molar-refractivity contribution in [3.63, 3.8) is 0 Å². The third-order valence-electron chi connectivity index (χ3n) is 3.94. The number of aromatic nitrogens is 1. The Morgan fingerprint density at radius 2 is 2.33 bits per heavy atom. The van der Waals surface area contributed by atoms with Crippen molar-refractivity contribution in [3.8, 4) is 0 Å². The van der Waals surface area contributed by atoms with Gasteiger partial charge in [0.15, 0.2) is 0 Å². The van der Waals surface area contributed by atoms with E-state index in [1.807, 2.05) is 18.5 Å². The highest BCUT2D eigenvalue weighted by Gasteiger charge is 2.18. The Balaban J connectivity index is 1.86. The standard InChI is InChI=1S/C15H25N3/c1-3-18-10-5-7-15(8-11-18)17-13(2)14-6-4-9-16-12-14/h4,6,9,12-13,15,17H,3,5,7-8,10-11H2,1-2H3/t13-,15?/m1/s1. The Morgan fingerprint density at radius 3 is 3.06 bits per heavy atom. The summed E-state index contributed by atoms with van der Waals surface area (Å²) < 4.78 is 0. The molecule has 1 unspecified atom stereocenters. The highest BCUT2D eigenvalue weighted by molar-refractivity contribution is 5.13. The van der Waals surface area contributed by atoms with Crippen LogP contribution in [0, 0.1) is 0 Å². The van der Waals surface area contributed by atoms with Crippen LogP contribution in [0.15, 0.2) is 24.5 Å². The highest BCUT2D eigenvalue weighted by atomic mass is 15.1. The molecule has 0 bridgehead atoms. The molecule has 3 nitrogen and oxygen atoms in total. The second kappa shape index (κ2) is 6.86. The first-order valence-corrected chi connectivity index (χ1v) is 7.18. The van der Waals surface area contributed by atoms with Gasteiger partial charge in [-0.2, -0.15) is 0 Å². The Morgan fingerprint density at radius 1 is 1.44 bits per heavy atom. The normalized spacial score (nSPS) is 23.6. The molecular weight excluding hydrogens is 222 g/mol. The fourth-order valence-corrected chi connectivity index (χ4v) is 2.72. The van der Waals surface area contributed by atoms with Gasteiger partial charge in [0.05, 0.1) is 0 Å². The number of nitrogens with zero attached hydrogens (tertiary/aromatic N) is 2. The number of nitrogens with one attached hydrogen (secondary N) is 1. The molecule has 1 fully saturated rings. The third kappa shape index (κ3) is 3.79. The smallest absolute Gasteiger partial charge is 0.0315 e. The zero-order valence-electron chi connectivity index (χ0n) is 11.6. The Labute approximate surface area is 111 Å². The molecule has 3 heteroatoms. The van der Waals surface area contributed by atoms with E-state index in [1.165, 1.54) is 44.5 Å². The highest BCUT2D eigenvalue weighted by Crippen LogP contribution is 2.16. The topological polar surface area (TPSA) is 28.2 Å². The molecule has 1 aliphatic heterocycles. The fraction of sp³-hybridized carbons (Fsp3) is 0.667. The fourth-order valence-electron chi connectivity index (χ4n) is 2.72. The second-order valence-electron chi connectivity index (χ2n) is 5.24. The van der Waals surface area contributed by atoms with Gasteiger partial charge in [0, 0.05) is 24.5 Å². The molecule has 2 heterocycles. The van der Waals surface area contributed by atoms with Crippen LogP contribution in [0.2, 0.25) is 0 Å². The van der Waals surface area contributed by atoms with Gasteiger partial charge in [-0.3, -0.25) is 4.98 Å². The monoisotopic (exact) mass is 247 g/mol. The number of pyridine rings is 1. The van der Waals surface area contributed by atoms with Crippen molar-refractivity contribution >= 4 is 0 Å². The van der Waals surface area contributed by atoms with Gasteiger partial charge in [0.1, 0.15) is 0 Å². The summed E-state index contributed by atoms with van der Waals surface area (Å²) in [6.45, 7) is 8.17. The molecule has 0 radical (unpaired) electrons. The van der Waals surface area contributed by atoms with E-state index < -0.39 is 0 Å². The SMILES string of the molecule is CCN1CCCC(N[C@H](C)c2cccnc2)CC1. The summed E-state index contributed by atoms with van der Waals surface area (Å²) >= 11 is 0. The van der Waals surface area contributed by atoms with E-state index in [4.69, 9.17) is 0 Å². The average Bonchev–Trinajstić information content (AvgIpc) is 2.65. The van der Waals surface area contributed by atoms with Crippen molar-refractivity contribution in [2.24, 2.45) is 0 Å². The minimum absolute atomic E-state index is 0.400. The van der Waals surface area contributed by atoms with Crippen molar-refractivity contribution in [1.82, 2.24) is 15.2 Å². The average molecular weight is 247 g/mol. The molecular formula is C15H25N3. The van der Waals surface area contributed by atoms with E-state index in [2.05, 4.69) is 35.1 Å². The van der Waals surface area contributed by atoms with Crippen molar-refractivity contribution in [2.75, 3.05) is 19.6 Å². The van der Waals surface area contributed by atoms with Gasteiger partial charge in [0.25, 0.3) is 0 Å². The summed E-state index contributed by atoms with van der Waals surface area (Å²) in [4.78, 5) is 6.75. The summed E-state index contributed by atoms with van der Waals surface area (Å²) in [6, 6.07) is 5.22. The minimum Gasteiger partial charge on any atom is -0.307 e. The summed E-state index contributed by atoms with van der Waals surface area (Å²) in [5.41, 5.74) is 1.29. The van der Waals surface area contributed by atoms with Gasteiger partial charge in [-0.1, -0.05) is 13.0 Å². The van der Waals surface area contributed by atoms with E-state index in [9.17, 15) is 0 Å². The molecule has 1 N–H and O–H groups in total. The largest absolute Gasteiger partial charge is 0.307 e. The first-order valence-electron chi connectivity index (χ1n) is 7.18. The molecule has 0 aliphatic carbocycles. The van der Waals surface area contributed by atoms with Gasteiger partial charge in [-0.15, -0.1) is 0 Å². The predicted molar refractivity (Wildman–Crippen MR) is 75.5 cm³/mol. The molecule has 100 valence electrons. The lowest BCUT2D eigenvalue weighted by Gasteiger charge is -2.22. The maximum atomic E-state index is 4.19. The molecule has 18 heavy (non-hydrogen) atoms. The first-order chi connectivity index (χ1) is 8.79. The Hall–Kier alpha value is -0.930. The van der Waals surface area contributed by atoms with Crippen LogP contribution in [0.1, 0.15) is 44.7 Å². The van der Waals surface area contributed by atoms with Gasteiger partial charge in [-0.05, 0) is 57.5 Å². The Kier molecular flexibility index (Phi) is 5.14. The van der Waals surface area contributed by atoms with Crippen molar-refractivity contribution < 1.29 is 0 Å². The van der Waals surface area contributed by atoms with Crippen LogP contribution < -0.4 is 5.32 Å². The number of hydrogen-bond acceptors (Lipinski definition) is 3. The molecule has 0 aromatic carbocycles. The maximum absolute atomic E-state index is 4.19. The number of likely N-dealkylation sites (tertiary alicyclic amines) is 1. The lowest BCUT2D eigenvalue weighted by molar-refractivity contribution is 0.295. The van der Waals surface area contributed by atoms with E-state index >= 15 is 0 Å². The number of rotatable bonds is 4. The zero-order chi connectivity index (χ0) is 12.8. The van der Waals surface area contributed by atoms with Crippen LogP contribution in [0.5, 0.6) is 0 Å². The quantitative estimate of drug-likeness (QED) is 0.886. The number of hydrogen-bond donors (Lipinski definition) is 1. The van der Waals surface area contributed by atoms with Crippen molar-refractivity contribution in [2.45, 2.75) is 45.2 Å². The van der Waals surface area contributed by atoms with Gasteiger partial charge in [-0.25, -0.2) is 0 Å². The predicted octanol–water partition coefficient (Wildman–Crippen LogP) is 2.61. The van der Waals surface area contributed by atoms with Crippen molar-refractivity contribution in [3.05, 3.63) is 30.1 Å². The molecule has 0 amide bonds.